The van der Waals surface area contributed by atoms with Crippen LogP contribution in [0.4, 0.5) is 0 Å². The van der Waals surface area contributed by atoms with E-state index in [-0.39, 0.29) is 11.7 Å². The van der Waals surface area contributed by atoms with E-state index in [0.29, 0.717) is 36.9 Å². The lowest BCUT2D eigenvalue weighted by atomic mass is 10.2. The van der Waals surface area contributed by atoms with Gasteiger partial charge >= 0.3 is 0 Å². The Labute approximate surface area is 123 Å². The van der Waals surface area contributed by atoms with Crippen LogP contribution in [0.1, 0.15) is 5.56 Å². The van der Waals surface area contributed by atoms with Crippen molar-refractivity contribution < 1.29 is 17.9 Å². The summed E-state index contributed by atoms with van der Waals surface area (Å²) >= 11 is 5.94. The highest BCUT2D eigenvalue weighted by Crippen LogP contribution is 2.18. The molecule has 1 aliphatic rings. The van der Waals surface area contributed by atoms with Crippen molar-refractivity contribution >= 4 is 27.3 Å². The number of hydrogen-bond acceptors (Lipinski definition) is 4. The molecule has 1 amide bonds. The van der Waals surface area contributed by atoms with Gasteiger partial charge in [-0.3, -0.25) is 4.79 Å². The van der Waals surface area contributed by atoms with Crippen LogP contribution in [0, 0.1) is 0 Å². The molecule has 0 saturated carbocycles. The van der Waals surface area contributed by atoms with E-state index in [1.54, 1.807) is 24.3 Å². The smallest absolute Gasteiger partial charge is 0.237 e. The number of ether oxygens (including phenoxy) is 1. The quantitative estimate of drug-likeness (QED) is 0.834. The standard InChI is InChI=1S/C13H16ClNO4S/c14-12-4-2-1-3-11(12)9-20(17,18)10-13(16)15-5-7-19-8-6-15/h1-4H,5-10H2. The first-order valence-corrected chi connectivity index (χ1v) is 8.47. The van der Waals surface area contributed by atoms with Crippen molar-refractivity contribution in [2.45, 2.75) is 5.75 Å². The van der Waals surface area contributed by atoms with Crippen LogP contribution in [0.25, 0.3) is 0 Å². The number of amides is 1. The minimum absolute atomic E-state index is 0.219. The van der Waals surface area contributed by atoms with Gasteiger partial charge < -0.3 is 9.64 Å². The first-order chi connectivity index (χ1) is 9.48. The molecule has 7 heteroatoms. The summed E-state index contributed by atoms with van der Waals surface area (Å²) in [4.78, 5) is 13.5. The highest BCUT2D eigenvalue weighted by Gasteiger charge is 2.24. The maximum Gasteiger partial charge on any atom is 0.237 e. The van der Waals surface area contributed by atoms with Crippen LogP contribution in [0.3, 0.4) is 0 Å². The summed E-state index contributed by atoms with van der Waals surface area (Å²) in [7, 11) is -3.52. The van der Waals surface area contributed by atoms with Crippen LogP contribution in [-0.4, -0.2) is 51.3 Å². The first-order valence-electron chi connectivity index (χ1n) is 6.27. The minimum atomic E-state index is -3.52. The van der Waals surface area contributed by atoms with E-state index in [1.807, 2.05) is 0 Å². The number of nitrogens with zero attached hydrogens (tertiary/aromatic N) is 1. The van der Waals surface area contributed by atoms with Gasteiger partial charge in [-0.15, -0.1) is 0 Å². The lowest BCUT2D eigenvalue weighted by molar-refractivity contribution is -0.132. The van der Waals surface area contributed by atoms with Gasteiger partial charge in [-0.25, -0.2) is 8.42 Å². The number of rotatable bonds is 4. The zero-order valence-corrected chi connectivity index (χ0v) is 12.5. The van der Waals surface area contributed by atoms with Crippen LogP contribution >= 0.6 is 11.6 Å². The highest BCUT2D eigenvalue weighted by atomic mass is 35.5. The number of carbonyl (C=O) groups is 1. The average molecular weight is 318 g/mol. The Bertz CT molecular complexity index is 582. The number of hydrogen-bond donors (Lipinski definition) is 0. The van der Waals surface area contributed by atoms with Crippen molar-refractivity contribution in [2.24, 2.45) is 0 Å². The molecule has 0 unspecified atom stereocenters. The fourth-order valence-electron chi connectivity index (χ4n) is 2.00. The zero-order valence-electron chi connectivity index (χ0n) is 10.9. The topological polar surface area (TPSA) is 63.7 Å². The summed E-state index contributed by atoms with van der Waals surface area (Å²) in [5.41, 5.74) is 0.518. The van der Waals surface area contributed by atoms with E-state index in [1.165, 1.54) is 4.90 Å². The molecule has 5 nitrogen and oxygen atoms in total. The maximum atomic E-state index is 12.1. The van der Waals surface area contributed by atoms with Crippen LogP contribution in [0.15, 0.2) is 24.3 Å². The van der Waals surface area contributed by atoms with Gasteiger partial charge in [-0.05, 0) is 11.6 Å². The molecule has 1 aromatic rings. The Morgan fingerprint density at radius 3 is 2.55 bits per heavy atom. The maximum absolute atomic E-state index is 12.1. The largest absolute Gasteiger partial charge is 0.378 e. The van der Waals surface area contributed by atoms with E-state index < -0.39 is 15.6 Å². The van der Waals surface area contributed by atoms with Crippen LogP contribution in [0.2, 0.25) is 5.02 Å². The normalized spacial score (nSPS) is 16.1. The highest BCUT2D eigenvalue weighted by molar-refractivity contribution is 7.91. The summed E-state index contributed by atoms with van der Waals surface area (Å²) < 4.78 is 29.3. The SMILES string of the molecule is O=C(CS(=O)(=O)Cc1ccccc1Cl)N1CCOCC1. The van der Waals surface area contributed by atoms with E-state index in [2.05, 4.69) is 0 Å². The van der Waals surface area contributed by atoms with Gasteiger partial charge in [0.05, 0.1) is 19.0 Å². The Hall–Kier alpha value is -1.11. The van der Waals surface area contributed by atoms with Gasteiger partial charge in [-0.1, -0.05) is 29.8 Å². The molecular formula is C13H16ClNO4S. The molecule has 1 fully saturated rings. The Morgan fingerprint density at radius 1 is 1.25 bits per heavy atom. The van der Waals surface area contributed by atoms with Crippen LogP contribution in [0.5, 0.6) is 0 Å². The first kappa shape index (κ1) is 15.3. The number of benzene rings is 1. The molecule has 0 aromatic heterocycles. The van der Waals surface area contributed by atoms with Crippen molar-refractivity contribution in [3.63, 3.8) is 0 Å². The molecule has 0 N–H and O–H groups in total. The number of halogens is 1. The summed E-state index contributed by atoms with van der Waals surface area (Å²) in [6.45, 7) is 1.80. The molecule has 0 spiro atoms. The molecule has 0 bridgehead atoms. The molecule has 1 aliphatic heterocycles. The summed E-state index contributed by atoms with van der Waals surface area (Å²) in [6.07, 6.45) is 0. The summed E-state index contributed by atoms with van der Waals surface area (Å²) in [6, 6.07) is 6.74. The second kappa shape index (κ2) is 6.56. The van der Waals surface area contributed by atoms with Gasteiger partial charge in [0.25, 0.3) is 0 Å². The fourth-order valence-corrected chi connectivity index (χ4v) is 3.66. The van der Waals surface area contributed by atoms with Crippen molar-refractivity contribution in [2.75, 3.05) is 32.1 Å². The lowest BCUT2D eigenvalue weighted by Crippen LogP contribution is -2.43. The molecule has 2 rings (SSSR count). The van der Waals surface area contributed by atoms with Gasteiger partial charge in [0.15, 0.2) is 9.84 Å². The molecule has 110 valence electrons. The summed E-state index contributed by atoms with van der Waals surface area (Å²) in [5, 5.41) is 0.398. The second-order valence-corrected chi connectivity index (χ2v) is 7.09. The number of morpholine rings is 1. The molecule has 1 aromatic carbocycles. The number of sulfone groups is 1. The molecule has 0 aliphatic carbocycles. The van der Waals surface area contributed by atoms with Crippen molar-refractivity contribution in [1.82, 2.24) is 4.90 Å². The molecule has 1 saturated heterocycles. The Morgan fingerprint density at radius 2 is 1.90 bits per heavy atom. The third-order valence-corrected chi connectivity index (χ3v) is 4.85. The van der Waals surface area contributed by atoms with Gasteiger partial charge in [0.2, 0.25) is 5.91 Å². The van der Waals surface area contributed by atoms with Crippen molar-refractivity contribution in [3.8, 4) is 0 Å². The van der Waals surface area contributed by atoms with E-state index in [4.69, 9.17) is 16.3 Å². The average Bonchev–Trinajstić information content (AvgIpc) is 2.41. The number of carbonyl (C=O) groups excluding carboxylic acids is 1. The third kappa shape index (κ3) is 4.19. The Balaban J connectivity index is 2.00. The van der Waals surface area contributed by atoms with Gasteiger partial charge in [-0.2, -0.15) is 0 Å². The van der Waals surface area contributed by atoms with Crippen LogP contribution in [-0.2, 0) is 25.1 Å². The molecule has 1 heterocycles. The van der Waals surface area contributed by atoms with Gasteiger partial charge in [0.1, 0.15) is 5.75 Å². The Kier molecular flexibility index (Phi) is 5.01. The predicted molar refractivity (Wildman–Crippen MR) is 76.3 cm³/mol. The van der Waals surface area contributed by atoms with E-state index in [0.717, 1.165) is 0 Å². The van der Waals surface area contributed by atoms with Gasteiger partial charge in [0, 0.05) is 18.1 Å². The third-order valence-electron chi connectivity index (χ3n) is 3.04. The molecule has 0 radical (unpaired) electrons. The molecule has 0 atom stereocenters. The molecular weight excluding hydrogens is 302 g/mol. The fraction of sp³-hybridized carbons (Fsp3) is 0.462. The van der Waals surface area contributed by atoms with Crippen LogP contribution < -0.4 is 0 Å². The molecule has 20 heavy (non-hydrogen) atoms. The summed E-state index contributed by atoms with van der Waals surface area (Å²) in [5.74, 6) is -1.08. The second-order valence-electron chi connectivity index (χ2n) is 4.62. The monoisotopic (exact) mass is 317 g/mol. The minimum Gasteiger partial charge on any atom is -0.378 e. The van der Waals surface area contributed by atoms with Crippen molar-refractivity contribution in [1.29, 1.82) is 0 Å². The van der Waals surface area contributed by atoms with Crippen molar-refractivity contribution in [3.05, 3.63) is 34.9 Å². The lowest BCUT2D eigenvalue weighted by Gasteiger charge is -2.26. The van der Waals surface area contributed by atoms with E-state index >= 15 is 0 Å². The zero-order chi connectivity index (χ0) is 14.6. The van der Waals surface area contributed by atoms with E-state index in [9.17, 15) is 13.2 Å². The predicted octanol–water partition coefficient (Wildman–Crippen LogP) is 1.11.